The van der Waals surface area contributed by atoms with E-state index >= 15 is 0 Å². The van der Waals surface area contributed by atoms with E-state index in [4.69, 9.17) is 11.1 Å². The topological polar surface area (TPSA) is 157 Å². The number of ketones is 1. The van der Waals surface area contributed by atoms with Gasteiger partial charge in [-0.25, -0.2) is 4.79 Å². The summed E-state index contributed by atoms with van der Waals surface area (Å²) >= 11 is 1.47. The number of nitrogens with one attached hydrogen (secondary N) is 2. The monoisotopic (exact) mass is 507 g/mol. The van der Waals surface area contributed by atoms with Gasteiger partial charge in [0, 0.05) is 50.0 Å². The predicted molar refractivity (Wildman–Crippen MR) is 134 cm³/mol. The zero-order chi connectivity index (χ0) is 25.6. The minimum atomic E-state index is -1.11. The third-order valence-electron chi connectivity index (χ3n) is 7.80. The number of carboxylic acids is 1. The van der Waals surface area contributed by atoms with E-state index in [1.54, 1.807) is 0 Å². The van der Waals surface area contributed by atoms with Crippen LogP contribution in [0.3, 0.4) is 0 Å². The fraction of sp³-hybridized carbons (Fsp3) is 0.708. The van der Waals surface area contributed by atoms with Gasteiger partial charge in [0.05, 0.1) is 23.8 Å². The van der Waals surface area contributed by atoms with Crippen molar-refractivity contribution in [2.24, 2.45) is 29.4 Å². The number of hydrogen-bond acceptors (Lipinski definition) is 7. The second-order valence-corrected chi connectivity index (χ2v) is 11.9. The standard InChI is InChI=1S/C24H35N5O5S.H2/c1-11(6-12(2)30)18-19-13(3)21(20(24(33)34)29(19)23(18)32)35-15-8-16(27-9-15)22(31)28-5-4-14(10-28)7-17(25)26;/h11,13-16,18-19,27H,4-10H2,1-3H3,(H3,25,26)(H,33,34);1H/t11-,13+,14+,15-,16-,18+,19?;/m0./s1. The number of amides is 2. The summed E-state index contributed by atoms with van der Waals surface area (Å²) in [5, 5.41) is 20.7. The van der Waals surface area contributed by atoms with Gasteiger partial charge >= 0.3 is 5.97 Å². The lowest BCUT2D eigenvalue weighted by Crippen LogP contribution is -2.62. The molecular weight excluding hydrogens is 470 g/mol. The van der Waals surface area contributed by atoms with Crippen LogP contribution in [0.15, 0.2) is 10.6 Å². The number of amidine groups is 1. The van der Waals surface area contributed by atoms with Crippen molar-refractivity contribution in [3.05, 3.63) is 10.6 Å². The Bertz CT molecular complexity index is 990. The average Bonchev–Trinajstić information content (AvgIpc) is 3.46. The number of likely N-dealkylation sites (tertiary alicyclic amines) is 1. The van der Waals surface area contributed by atoms with Crippen LogP contribution in [-0.2, 0) is 19.2 Å². The number of thioether (sulfide) groups is 1. The van der Waals surface area contributed by atoms with E-state index in [0.29, 0.717) is 43.8 Å². The lowest BCUT2D eigenvalue weighted by Gasteiger charge is -2.47. The fourth-order valence-corrected chi connectivity index (χ4v) is 7.72. The summed E-state index contributed by atoms with van der Waals surface area (Å²) in [5.74, 6) is -1.50. The number of carbonyl (C=O) groups is 4. The van der Waals surface area contributed by atoms with Gasteiger partial charge in [0.15, 0.2) is 0 Å². The summed E-state index contributed by atoms with van der Waals surface area (Å²) in [5.41, 5.74) is 5.57. The van der Waals surface area contributed by atoms with Crippen LogP contribution in [-0.4, -0.2) is 81.3 Å². The molecular formula is C24H37N5O5S. The van der Waals surface area contributed by atoms with Crippen molar-refractivity contribution >= 4 is 41.2 Å². The van der Waals surface area contributed by atoms with Gasteiger partial charge in [0.25, 0.3) is 0 Å². The number of hydrogen-bond donors (Lipinski definition) is 4. The average molecular weight is 508 g/mol. The minimum Gasteiger partial charge on any atom is -0.477 e. The second kappa shape index (κ2) is 9.93. The summed E-state index contributed by atoms with van der Waals surface area (Å²) in [6, 6.07) is -0.559. The van der Waals surface area contributed by atoms with Crippen molar-refractivity contribution in [2.75, 3.05) is 19.6 Å². The number of nitrogens with two attached hydrogens (primary N) is 1. The molecule has 194 valence electrons. The first-order chi connectivity index (χ1) is 16.5. The lowest BCUT2D eigenvalue weighted by atomic mass is 9.73. The molecule has 5 N–H and O–H groups in total. The highest BCUT2D eigenvalue weighted by atomic mass is 32.2. The van der Waals surface area contributed by atoms with Crippen molar-refractivity contribution < 1.29 is 25.7 Å². The van der Waals surface area contributed by atoms with Crippen molar-refractivity contribution in [1.29, 1.82) is 5.41 Å². The first-order valence-corrected chi connectivity index (χ1v) is 13.2. The maximum atomic E-state index is 13.0. The fourth-order valence-electron chi connectivity index (χ4n) is 6.24. The third kappa shape index (κ3) is 4.84. The maximum Gasteiger partial charge on any atom is 0.353 e. The lowest BCUT2D eigenvalue weighted by molar-refractivity contribution is -0.160. The zero-order valence-corrected chi connectivity index (χ0v) is 21.3. The maximum absolute atomic E-state index is 13.0. The molecule has 35 heavy (non-hydrogen) atoms. The first-order valence-electron chi connectivity index (χ1n) is 12.3. The molecule has 0 bridgehead atoms. The van der Waals surface area contributed by atoms with Gasteiger partial charge in [0.2, 0.25) is 11.8 Å². The van der Waals surface area contributed by atoms with Gasteiger partial charge in [-0.2, -0.15) is 0 Å². The Balaban J connectivity index is 0.00000361. The van der Waals surface area contributed by atoms with Gasteiger partial charge in [0.1, 0.15) is 11.5 Å². The van der Waals surface area contributed by atoms with Gasteiger partial charge < -0.3 is 30.8 Å². The van der Waals surface area contributed by atoms with Crippen LogP contribution in [0.5, 0.6) is 0 Å². The van der Waals surface area contributed by atoms with Crippen LogP contribution in [0.2, 0.25) is 0 Å². The number of nitrogens with zero attached hydrogens (tertiary/aromatic N) is 2. The van der Waals surface area contributed by atoms with Crippen LogP contribution in [0, 0.1) is 29.1 Å². The highest BCUT2D eigenvalue weighted by molar-refractivity contribution is 8.03. The molecule has 0 aromatic carbocycles. The Morgan fingerprint density at radius 1 is 1.37 bits per heavy atom. The molecule has 1 unspecified atom stereocenters. The Labute approximate surface area is 211 Å². The first kappa shape index (κ1) is 25.7. The predicted octanol–water partition coefficient (Wildman–Crippen LogP) is 1.26. The number of β-lactam (4-membered cyclic amide) rings is 1. The Kier molecular flexibility index (Phi) is 7.28. The van der Waals surface area contributed by atoms with Crippen LogP contribution in [0.1, 0.15) is 47.9 Å². The molecule has 11 heteroatoms. The van der Waals surface area contributed by atoms with Crippen LogP contribution >= 0.6 is 11.8 Å². The van der Waals surface area contributed by atoms with Crippen molar-refractivity contribution in [3.8, 4) is 0 Å². The molecule has 4 aliphatic rings. The third-order valence-corrected chi connectivity index (χ3v) is 9.31. The molecule has 0 aliphatic carbocycles. The van der Waals surface area contributed by atoms with E-state index in [9.17, 15) is 24.3 Å². The number of carboxylic acid groups (broad SMARTS) is 1. The molecule has 4 heterocycles. The van der Waals surface area contributed by atoms with Gasteiger partial charge in [-0.15, -0.1) is 11.8 Å². The van der Waals surface area contributed by atoms with Crippen LogP contribution < -0.4 is 11.1 Å². The Morgan fingerprint density at radius 2 is 2.09 bits per heavy atom. The quantitative estimate of drug-likeness (QED) is 0.206. The van der Waals surface area contributed by atoms with E-state index in [1.807, 2.05) is 18.7 Å². The highest BCUT2D eigenvalue weighted by Gasteiger charge is 2.60. The number of fused-ring (bicyclic) bond motifs is 1. The zero-order valence-electron chi connectivity index (χ0n) is 20.5. The molecule has 0 radical (unpaired) electrons. The van der Waals surface area contributed by atoms with E-state index in [2.05, 4.69) is 5.32 Å². The van der Waals surface area contributed by atoms with Crippen LogP contribution in [0.4, 0.5) is 0 Å². The Morgan fingerprint density at radius 3 is 2.71 bits per heavy atom. The highest BCUT2D eigenvalue weighted by Crippen LogP contribution is 2.53. The van der Waals surface area contributed by atoms with E-state index in [1.165, 1.54) is 23.6 Å². The van der Waals surface area contributed by atoms with E-state index < -0.39 is 5.97 Å². The van der Waals surface area contributed by atoms with Crippen molar-refractivity contribution in [1.82, 2.24) is 15.1 Å². The molecule has 0 spiro atoms. The summed E-state index contributed by atoms with van der Waals surface area (Å²) in [7, 11) is 0. The summed E-state index contributed by atoms with van der Waals surface area (Å²) < 4.78 is 0. The number of aliphatic carboxylic acids is 1. The summed E-state index contributed by atoms with van der Waals surface area (Å²) in [6.45, 7) is 7.21. The summed E-state index contributed by atoms with van der Waals surface area (Å²) in [4.78, 5) is 53.7. The van der Waals surface area contributed by atoms with E-state index in [-0.39, 0.29) is 71.6 Å². The molecule has 0 aromatic rings. The van der Waals surface area contributed by atoms with E-state index in [0.717, 1.165) is 6.42 Å². The molecule has 3 fully saturated rings. The van der Waals surface area contributed by atoms with Crippen LogP contribution in [0.25, 0.3) is 0 Å². The molecule has 3 saturated heterocycles. The second-order valence-electron chi connectivity index (χ2n) is 10.5. The molecule has 0 aromatic heterocycles. The van der Waals surface area contributed by atoms with Crippen molar-refractivity contribution in [3.63, 3.8) is 0 Å². The normalized spacial score (nSPS) is 33.1. The molecule has 7 atom stereocenters. The minimum absolute atomic E-state index is 0. The number of rotatable bonds is 9. The molecule has 0 saturated carbocycles. The number of Topliss-reactive ketones (excluding diaryl/α,β-unsaturated/α-hetero) is 1. The van der Waals surface area contributed by atoms with Gasteiger partial charge in [-0.1, -0.05) is 13.8 Å². The molecule has 2 amide bonds. The summed E-state index contributed by atoms with van der Waals surface area (Å²) in [6.07, 6.45) is 2.24. The smallest absolute Gasteiger partial charge is 0.353 e. The van der Waals surface area contributed by atoms with Gasteiger partial charge in [-0.3, -0.25) is 15.0 Å². The Hall–Kier alpha value is -2.40. The SMILES string of the molecule is CC(=O)C[C@H](C)[C@H]1C(=O)N2C(C(=O)O)=C(S[C@@H]3CN[C@H](C(=O)N4CC[C@H](CC(=N)N)C4)C3)[C@H](C)C12.[HH]. The molecule has 4 aliphatic heterocycles. The largest absolute Gasteiger partial charge is 0.477 e. The van der Waals surface area contributed by atoms with Gasteiger partial charge in [-0.05, 0) is 31.6 Å². The number of carbonyl (C=O) groups excluding carboxylic acids is 3. The van der Waals surface area contributed by atoms with Crippen molar-refractivity contribution in [2.45, 2.75) is 63.8 Å². The molecule has 10 nitrogen and oxygen atoms in total. The molecule has 4 rings (SSSR count).